The molecule has 0 amide bonds. The monoisotopic (exact) mass is 171 g/mol. The minimum absolute atomic E-state index is 0.454. The number of nitrogens with one attached hydrogen (secondary N) is 1. The average molecular weight is 171 g/mol. The van der Waals surface area contributed by atoms with E-state index in [0.717, 1.165) is 32.6 Å². The molecule has 2 heteroatoms. The molecule has 0 rings (SSSR count). The van der Waals surface area contributed by atoms with Gasteiger partial charge in [0.2, 0.25) is 0 Å². The van der Waals surface area contributed by atoms with E-state index in [9.17, 15) is 0 Å². The van der Waals surface area contributed by atoms with Crippen molar-refractivity contribution in [2.45, 2.75) is 32.7 Å². The topological polar surface area (TPSA) is 21.3 Å². The Labute approximate surface area is 76.0 Å². The standard InChI is InChI=1S/C10H21NO/c1-4-10(11-5-2)8-7-9-12-6-3/h4,10-11H,1,5-9H2,2-3H3. The summed E-state index contributed by atoms with van der Waals surface area (Å²) in [7, 11) is 0. The van der Waals surface area contributed by atoms with Crippen LogP contribution in [0, 0.1) is 0 Å². The van der Waals surface area contributed by atoms with Crippen molar-refractivity contribution in [2.24, 2.45) is 0 Å². The van der Waals surface area contributed by atoms with Crippen molar-refractivity contribution in [3.8, 4) is 0 Å². The van der Waals surface area contributed by atoms with Crippen molar-refractivity contribution in [3.63, 3.8) is 0 Å². The molecule has 0 aliphatic rings. The molecule has 72 valence electrons. The van der Waals surface area contributed by atoms with E-state index in [-0.39, 0.29) is 0 Å². The summed E-state index contributed by atoms with van der Waals surface area (Å²) < 4.78 is 5.24. The van der Waals surface area contributed by atoms with Crippen molar-refractivity contribution < 1.29 is 4.74 Å². The lowest BCUT2D eigenvalue weighted by atomic mass is 10.1. The van der Waals surface area contributed by atoms with Gasteiger partial charge in [0.25, 0.3) is 0 Å². The van der Waals surface area contributed by atoms with Crippen LogP contribution in [0.4, 0.5) is 0 Å². The van der Waals surface area contributed by atoms with Gasteiger partial charge >= 0.3 is 0 Å². The predicted molar refractivity (Wildman–Crippen MR) is 53.4 cm³/mol. The molecular formula is C10H21NO. The molecule has 1 unspecified atom stereocenters. The highest BCUT2D eigenvalue weighted by atomic mass is 16.5. The summed E-state index contributed by atoms with van der Waals surface area (Å²) in [6, 6.07) is 0.454. The Morgan fingerprint density at radius 2 is 2.25 bits per heavy atom. The molecule has 0 aliphatic carbocycles. The lowest BCUT2D eigenvalue weighted by Crippen LogP contribution is -2.26. The third-order valence-corrected chi connectivity index (χ3v) is 1.76. The average Bonchev–Trinajstić information content (AvgIpc) is 2.10. The summed E-state index contributed by atoms with van der Waals surface area (Å²) in [5.41, 5.74) is 0. The van der Waals surface area contributed by atoms with Gasteiger partial charge in [-0.15, -0.1) is 6.58 Å². The van der Waals surface area contributed by atoms with E-state index in [1.807, 2.05) is 13.0 Å². The van der Waals surface area contributed by atoms with Gasteiger partial charge in [-0.2, -0.15) is 0 Å². The second-order valence-electron chi connectivity index (χ2n) is 2.74. The first-order valence-electron chi connectivity index (χ1n) is 4.78. The molecule has 0 saturated carbocycles. The molecule has 0 bridgehead atoms. The van der Waals surface area contributed by atoms with Crippen LogP contribution in [-0.2, 0) is 4.74 Å². The van der Waals surface area contributed by atoms with Gasteiger partial charge in [-0.3, -0.25) is 0 Å². The largest absolute Gasteiger partial charge is 0.382 e. The smallest absolute Gasteiger partial charge is 0.0466 e. The fourth-order valence-corrected chi connectivity index (χ4v) is 1.12. The zero-order valence-electron chi connectivity index (χ0n) is 8.31. The highest BCUT2D eigenvalue weighted by Crippen LogP contribution is 1.98. The second kappa shape index (κ2) is 8.75. The molecule has 2 nitrogen and oxygen atoms in total. The molecule has 0 aromatic carbocycles. The molecule has 0 aromatic rings. The molecule has 1 atom stereocenters. The Morgan fingerprint density at radius 3 is 2.75 bits per heavy atom. The van der Waals surface area contributed by atoms with E-state index in [4.69, 9.17) is 4.74 Å². The zero-order chi connectivity index (χ0) is 9.23. The van der Waals surface area contributed by atoms with Crippen molar-refractivity contribution >= 4 is 0 Å². The summed E-state index contributed by atoms with van der Waals surface area (Å²) in [6.07, 6.45) is 4.20. The molecule has 0 spiro atoms. The first kappa shape index (κ1) is 11.7. The van der Waals surface area contributed by atoms with E-state index in [0.29, 0.717) is 6.04 Å². The molecule has 12 heavy (non-hydrogen) atoms. The molecule has 1 N–H and O–H groups in total. The Kier molecular flexibility index (Phi) is 8.51. The van der Waals surface area contributed by atoms with Crippen LogP contribution in [-0.4, -0.2) is 25.8 Å². The van der Waals surface area contributed by atoms with Gasteiger partial charge < -0.3 is 10.1 Å². The van der Waals surface area contributed by atoms with Crippen molar-refractivity contribution in [1.29, 1.82) is 0 Å². The van der Waals surface area contributed by atoms with Crippen LogP contribution in [0.1, 0.15) is 26.7 Å². The highest BCUT2D eigenvalue weighted by molar-refractivity contribution is 4.84. The summed E-state index contributed by atoms with van der Waals surface area (Å²) in [5.74, 6) is 0. The Hall–Kier alpha value is -0.340. The zero-order valence-corrected chi connectivity index (χ0v) is 8.31. The quantitative estimate of drug-likeness (QED) is 0.445. The van der Waals surface area contributed by atoms with E-state index in [1.54, 1.807) is 0 Å². The molecule has 0 fully saturated rings. The van der Waals surface area contributed by atoms with Crippen LogP contribution >= 0.6 is 0 Å². The number of likely N-dealkylation sites (N-methyl/N-ethyl adjacent to an activating group) is 1. The first-order valence-corrected chi connectivity index (χ1v) is 4.78. The molecule has 0 aromatic heterocycles. The molecule has 0 saturated heterocycles. The molecule has 0 heterocycles. The van der Waals surface area contributed by atoms with Crippen LogP contribution in [0.2, 0.25) is 0 Å². The maximum absolute atomic E-state index is 5.24. The predicted octanol–water partition coefficient (Wildman–Crippen LogP) is 1.97. The normalized spacial score (nSPS) is 12.8. The van der Waals surface area contributed by atoms with Crippen molar-refractivity contribution in [2.75, 3.05) is 19.8 Å². The van der Waals surface area contributed by atoms with Crippen LogP contribution in [0.3, 0.4) is 0 Å². The third-order valence-electron chi connectivity index (χ3n) is 1.76. The summed E-state index contributed by atoms with van der Waals surface area (Å²) in [4.78, 5) is 0. The van der Waals surface area contributed by atoms with Gasteiger partial charge in [-0.1, -0.05) is 13.0 Å². The molecule has 0 radical (unpaired) electrons. The van der Waals surface area contributed by atoms with Gasteiger partial charge in [0.1, 0.15) is 0 Å². The first-order chi connectivity index (χ1) is 5.85. The fourth-order valence-electron chi connectivity index (χ4n) is 1.12. The van der Waals surface area contributed by atoms with E-state index in [2.05, 4.69) is 18.8 Å². The van der Waals surface area contributed by atoms with Gasteiger partial charge in [0.05, 0.1) is 0 Å². The number of rotatable bonds is 8. The van der Waals surface area contributed by atoms with Crippen LogP contribution in [0.25, 0.3) is 0 Å². The molecular weight excluding hydrogens is 150 g/mol. The van der Waals surface area contributed by atoms with Crippen molar-refractivity contribution in [1.82, 2.24) is 5.32 Å². The van der Waals surface area contributed by atoms with E-state index >= 15 is 0 Å². The Morgan fingerprint density at radius 1 is 1.50 bits per heavy atom. The van der Waals surface area contributed by atoms with Crippen molar-refractivity contribution in [3.05, 3.63) is 12.7 Å². The van der Waals surface area contributed by atoms with Crippen LogP contribution in [0.15, 0.2) is 12.7 Å². The third kappa shape index (κ3) is 6.38. The van der Waals surface area contributed by atoms with Gasteiger partial charge in [-0.05, 0) is 26.3 Å². The minimum atomic E-state index is 0.454. The maximum atomic E-state index is 5.24. The Balaban J connectivity index is 3.25. The molecule has 0 aliphatic heterocycles. The lowest BCUT2D eigenvalue weighted by Gasteiger charge is -2.12. The second-order valence-corrected chi connectivity index (χ2v) is 2.74. The number of hydrogen-bond acceptors (Lipinski definition) is 2. The fraction of sp³-hybridized carbons (Fsp3) is 0.800. The SMILES string of the molecule is C=CC(CCCOCC)NCC. The highest BCUT2D eigenvalue weighted by Gasteiger charge is 2.00. The van der Waals surface area contributed by atoms with Gasteiger partial charge in [0, 0.05) is 19.3 Å². The lowest BCUT2D eigenvalue weighted by molar-refractivity contribution is 0.142. The van der Waals surface area contributed by atoms with Gasteiger partial charge in [0.15, 0.2) is 0 Å². The summed E-state index contributed by atoms with van der Waals surface area (Å²) in [5, 5.41) is 3.34. The van der Waals surface area contributed by atoms with Crippen LogP contribution < -0.4 is 5.32 Å². The van der Waals surface area contributed by atoms with E-state index < -0.39 is 0 Å². The van der Waals surface area contributed by atoms with Crippen LogP contribution in [0.5, 0.6) is 0 Å². The summed E-state index contributed by atoms with van der Waals surface area (Å²) >= 11 is 0. The minimum Gasteiger partial charge on any atom is -0.382 e. The van der Waals surface area contributed by atoms with Gasteiger partial charge in [-0.25, -0.2) is 0 Å². The number of hydrogen-bond donors (Lipinski definition) is 1. The Bertz CT molecular complexity index is 104. The number of ether oxygens (including phenoxy) is 1. The maximum Gasteiger partial charge on any atom is 0.0466 e. The van der Waals surface area contributed by atoms with E-state index in [1.165, 1.54) is 0 Å². The summed E-state index contributed by atoms with van der Waals surface area (Å²) in [6.45, 7) is 10.6.